The van der Waals surface area contributed by atoms with Gasteiger partial charge in [-0.15, -0.1) is 0 Å². The summed E-state index contributed by atoms with van der Waals surface area (Å²) >= 11 is 0. The number of ether oxygens (including phenoxy) is 1. The average molecular weight is 422 g/mol. The number of nitrogens with zero attached hydrogens (tertiary/aromatic N) is 4. The fourth-order valence-electron chi connectivity index (χ4n) is 4.16. The molecule has 0 radical (unpaired) electrons. The number of hydrogen-bond acceptors (Lipinski definition) is 7. The van der Waals surface area contributed by atoms with Crippen LogP contribution in [0.4, 0.5) is 0 Å². The van der Waals surface area contributed by atoms with Crippen molar-refractivity contribution < 1.29 is 19.7 Å². The van der Waals surface area contributed by atoms with Gasteiger partial charge >= 0.3 is 0 Å². The number of carbonyl (C=O) groups excluding carboxylic acids is 1. The summed E-state index contributed by atoms with van der Waals surface area (Å²) in [6, 6.07) is 13.1. The predicted molar refractivity (Wildman–Crippen MR) is 112 cm³/mol. The molecule has 8 heteroatoms. The molecule has 2 unspecified atom stereocenters. The van der Waals surface area contributed by atoms with Gasteiger partial charge in [-0.2, -0.15) is 0 Å². The third-order valence-electron chi connectivity index (χ3n) is 6.35. The second-order valence-electron chi connectivity index (χ2n) is 8.41. The van der Waals surface area contributed by atoms with E-state index in [0.29, 0.717) is 44.6 Å². The van der Waals surface area contributed by atoms with Gasteiger partial charge in [0.05, 0.1) is 17.8 Å². The maximum atomic E-state index is 12.9. The number of hydrogen-bond donors (Lipinski definition) is 2. The van der Waals surface area contributed by atoms with Gasteiger partial charge in [0.2, 0.25) is 0 Å². The summed E-state index contributed by atoms with van der Waals surface area (Å²) in [4.78, 5) is 25.8. The zero-order chi connectivity index (χ0) is 21.6. The normalized spacial score (nSPS) is 22.8. The molecule has 5 rings (SSSR count). The fraction of sp³-hybridized carbons (Fsp3) is 0.435. The molecule has 2 aliphatic heterocycles. The Labute approximate surface area is 180 Å². The lowest BCUT2D eigenvalue weighted by atomic mass is 10.1. The number of piperazine rings is 1. The van der Waals surface area contributed by atoms with Gasteiger partial charge in [0.1, 0.15) is 17.6 Å². The number of aliphatic hydroxyl groups is 2. The van der Waals surface area contributed by atoms with Crippen molar-refractivity contribution in [3.63, 3.8) is 0 Å². The van der Waals surface area contributed by atoms with Crippen molar-refractivity contribution >= 4 is 5.91 Å². The summed E-state index contributed by atoms with van der Waals surface area (Å²) in [6.45, 7) is 2.15. The number of amides is 1. The van der Waals surface area contributed by atoms with E-state index in [2.05, 4.69) is 9.98 Å². The molecule has 2 aromatic carbocycles. The van der Waals surface area contributed by atoms with Crippen molar-refractivity contribution in [2.45, 2.75) is 30.8 Å². The van der Waals surface area contributed by atoms with Crippen LogP contribution < -0.4 is 15.5 Å². The van der Waals surface area contributed by atoms with Gasteiger partial charge in [0.15, 0.2) is 6.17 Å². The molecule has 1 saturated carbocycles. The van der Waals surface area contributed by atoms with Crippen molar-refractivity contribution in [1.29, 1.82) is 0 Å². The van der Waals surface area contributed by atoms with E-state index in [0.717, 1.165) is 22.0 Å². The lowest BCUT2D eigenvalue weighted by molar-refractivity contribution is -0.108. The minimum absolute atomic E-state index is 0.0286. The highest BCUT2D eigenvalue weighted by atomic mass is 16.5. The van der Waals surface area contributed by atoms with Gasteiger partial charge in [-0.05, 0) is 42.7 Å². The first-order chi connectivity index (χ1) is 15.0. The Morgan fingerprint density at radius 2 is 1.74 bits per heavy atom. The number of aliphatic hydroxyl groups excluding tert-OH is 1. The Morgan fingerprint density at radius 1 is 1.06 bits per heavy atom. The summed E-state index contributed by atoms with van der Waals surface area (Å²) in [7, 11) is 1.62. The minimum atomic E-state index is -0.955. The van der Waals surface area contributed by atoms with E-state index in [1.165, 1.54) is 0 Å². The van der Waals surface area contributed by atoms with E-state index in [9.17, 15) is 15.0 Å². The van der Waals surface area contributed by atoms with Gasteiger partial charge in [0.25, 0.3) is 5.91 Å². The van der Waals surface area contributed by atoms with Crippen molar-refractivity contribution in [3.05, 3.63) is 64.3 Å². The molecule has 1 saturated heterocycles. The predicted octanol–water partition coefficient (Wildman–Crippen LogP) is 0.248. The maximum absolute atomic E-state index is 12.9. The lowest BCUT2D eigenvalue weighted by Gasteiger charge is -2.38. The molecule has 2 fully saturated rings. The molecule has 3 aliphatic rings. The molecular formula is C23H26N4O4. The van der Waals surface area contributed by atoms with E-state index in [4.69, 9.17) is 4.74 Å². The van der Waals surface area contributed by atoms with Gasteiger partial charge in [-0.3, -0.25) is 19.7 Å². The standard InChI is InChI=1S/C23H26N4O4/c1-31-17-6-7-18-19(14-17)25-20(24-18)15-2-4-16(5-3-15)21(28)26-10-12-27(13-11-26)22(29)23(30)8-9-23/h2-7,14,20,22,29-30H,8-13H2,1H3. The zero-order valence-corrected chi connectivity index (χ0v) is 17.4. The first-order valence-corrected chi connectivity index (χ1v) is 10.6. The second-order valence-corrected chi connectivity index (χ2v) is 8.41. The van der Waals surface area contributed by atoms with Crippen molar-refractivity contribution in [1.82, 2.24) is 9.80 Å². The highest BCUT2D eigenvalue weighted by Crippen LogP contribution is 2.39. The van der Waals surface area contributed by atoms with Crippen LogP contribution in [0.25, 0.3) is 0 Å². The van der Waals surface area contributed by atoms with Gasteiger partial charge in [-0.25, -0.2) is 0 Å². The van der Waals surface area contributed by atoms with Crippen LogP contribution >= 0.6 is 0 Å². The molecule has 2 heterocycles. The summed E-state index contributed by atoms with van der Waals surface area (Å²) < 4.78 is 5.25. The largest absolute Gasteiger partial charge is 0.497 e. The van der Waals surface area contributed by atoms with Gasteiger partial charge in [-0.1, -0.05) is 12.1 Å². The smallest absolute Gasteiger partial charge is 0.253 e. The number of rotatable bonds is 5. The van der Waals surface area contributed by atoms with E-state index < -0.39 is 11.8 Å². The molecule has 1 aliphatic carbocycles. The van der Waals surface area contributed by atoms with Crippen molar-refractivity contribution in [2.24, 2.45) is 9.98 Å². The van der Waals surface area contributed by atoms with Crippen LogP contribution in [0, 0.1) is 0 Å². The van der Waals surface area contributed by atoms with Crippen LogP contribution in [0.5, 0.6) is 5.75 Å². The lowest BCUT2D eigenvalue weighted by Crippen LogP contribution is -2.55. The highest BCUT2D eigenvalue weighted by molar-refractivity contribution is 5.94. The van der Waals surface area contributed by atoms with Crippen LogP contribution in [0.3, 0.4) is 0 Å². The first-order valence-electron chi connectivity index (χ1n) is 10.6. The number of fused-ring (bicyclic) bond motifs is 1. The summed E-state index contributed by atoms with van der Waals surface area (Å²) in [5, 5.41) is 22.0. The Morgan fingerprint density at radius 3 is 2.39 bits per heavy atom. The summed E-state index contributed by atoms with van der Waals surface area (Å²) in [5.74, 6) is 0.720. The molecule has 2 N–H and O–H groups in total. The molecule has 0 spiro atoms. The molecule has 8 nitrogen and oxygen atoms in total. The van der Waals surface area contributed by atoms with Crippen LogP contribution in [0.15, 0.2) is 52.4 Å². The molecule has 2 atom stereocenters. The molecular weight excluding hydrogens is 396 g/mol. The summed E-state index contributed by atoms with van der Waals surface area (Å²) in [6.07, 6.45) is 0.118. The number of methoxy groups -OCH3 is 1. The Hall–Kier alpha value is -2.81. The van der Waals surface area contributed by atoms with Crippen LogP contribution in [-0.4, -0.2) is 71.0 Å². The third-order valence-corrected chi connectivity index (χ3v) is 6.35. The molecule has 162 valence electrons. The Balaban J connectivity index is 1.23. The zero-order valence-electron chi connectivity index (χ0n) is 17.4. The van der Waals surface area contributed by atoms with Crippen molar-refractivity contribution in [2.75, 3.05) is 33.3 Å². The molecule has 0 bridgehead atoms. The summed E-state index contributed by atoms with van der Waals surface area (Å²) in [5.41, 5.74) is 0.594. The van der Waals surface area contributed by atoms with E-state index in [1.54, 1.807) is 12.0 Å². The molecule has 0 aromatic heterocycles. The van der Waals surface area contributed by atoms with Crippen LogP contribution in [0.2, 0.25) is 0 Å². The monoisotopic (exact) mass is 422 g/mol. The van der Waals surface area contributed by atoms with Crippen molar-refractivity contribution in [3.8, 4) is 5.75 Å². The Bertz CT molecular complexity index is 1110. The van der Waals surface area contributed by atoms with E-state index in [-0.39, 0.29) is 12.1 Å². The minimum Gasteiger partial charge on any atom is -0.497 e. The first kappa shape index (κ1) is 20.1. The molecule has 1 amide bonds. The van der Waals surface area contributed by atoms with Crippen LogP contribution in [0.1, 0.15) is 34.9 Å². The molecule has 2 aromatic rings. The highest BCUT2D eigenvalue weighted by Gasteiger charge is 2.50. The molecule has 31 heavy (non-hydrogen) atoms. The van der Waals surface area contributed by atoms with E-state index in [1.807, 2.05) is 47.4 Å². The topological polar surface area (TPSA) is 98.0 Å². The average Bonchev–Trinajstić information content (AvgIpc) is 3.42. The van der Waals surface area contributed by atoms with E-state index >= 15 is 0 Å². The number of benzene rings is 2. The quantitative estimate of drug-likeness (QED) is 0.720. The maximum Gasteiger partial charge on any atom is 0.253 e. The number of carbonyl (C=O) groups is 1. The SMILES string of the molecule is COc1ccc2c(c1)=NC(c1ccc(C(=O)N3CCN(C(O)C4(O)CC4)CC3)cc1)N=2. The van der Waals surface area contributed by atoms with Crippen LogP contribution in [-0.2, 0) is 0 Å². The van der Waals surface area contributed by atoms with Gasteiger partial charge in [0, 0.05) is 37.8 Å². The third kappa shape index (κ3) is 3.82. The second kappa shape index (κ2) is 7.71. The Kier molecular flexibility index (Phi) is 5.00. The fourth-order valence-corrected chi connectivity index (χ4v) is 4.16. The van der Waals surface area contributed by atoms with Gasteiger partial charge < -0.3 is 19.8 Å².